The van der Waals surface area contributed by atoms with E-state index in [0.29, 0.717) is 6.42 Å². The first-order valence-electron chi connectivity index (χ1n) is 4.09. The molecule has 3 nitrogen and oxygen atoms in total. The fourth-order valence-corrected chi connectivity index (χ4v) is 1.20. The molecule has 0 aromatic heterocycles. The maximum atomic E-state index is 11.1. The summed E-state index contributed by atoms with van der Waals surface area (Å²) in [5.74, 6) is 0.0482. The molecular formula is C8H16BrNO2. The zero-order chi connectivity index (χ0) is 9.40. The third kappa shape index (κ3) is 5.55. The number of hydrogen-bond acceptors (Lipinski definition) is 2. The standard InChI is InChI=1S/C8H16BrNO2/c1-10(12-2)8(11)6-4-3-5-7-9/h3-7H2,1-2H3. The molecule has 4 heteroatoms. The van der Waals surface area contributed by atoms with Gasteiger partial charge in [0, 0.05) is 18.8 Å². The number of unbranched alkanes of at least 4 members (excludes halogenated alkanes) is 2. The van der Waals surface area contributed by atoms with Crippen molar-refractivity contribution in [3.05, 3.63) is 0 Å². The maximum absolute atomic E-state index is 11.1. The van der Waals surface area contributed by atoms with Crippen molar-refractivity contribution in [3.63, 3.8) is 0 Å². The van der Waals surface area contributed by atoms with Crippen LogP contribution in [0.2, 0.25) is 0 Å². The van der Waals surface area contributed by atoms with Gasteiger partial charge in [-0.05, 0) is 12.8 Å². The zero-order valence-electron chi connectivity index (χ0n) is 7.68. The number of halogens is 1. The number of carbonyl (C=O) groups is 1. The van der Waals surface area contributed by atoms with Crippen LogP contribution < -0.4 is 0 Å². The highest BCUT2D eigenvalue weighted by molar-refractivity contribution is 9.09. The van der Waals surface area contributed by atoms with E-state index < -0.39 is 0 Å². The Bertz CT molecular complexity index is 130. The predicted octanol–water partition coefficient (Wildman–Crippen LogP) is 1.96. The van der Waals surface area contributed by atoms with Crippen LogP contribution >= 0.6 is 15.9 Å². The molecule has 0 fully saturated rings. The number of hydroxylamine groups is 2. The Morgan fingerprint density at radius 1 is 1.42 bits per heavy atom. The fourth-order valence-electron chi connectivity index (χ4n) is 0.807. The highest BCUT2D eigenvalue weighted by Gasteiger charge is 2.05. The van der Waals surface area contributed by atoms with Crippen LogP contribution in [0.5, 0.6) is 0 Å². The van der Waals surface area contributed by atoms with Crippen LogP contribution in [-0.4, -0.2) is 30.5 Å². The van der Waals surface area contributed by atoms with Gasteiger partial charge in [-0.25, -0.2) is 5.06 Å². The van der Waals surface area contributed by atoms with Crippen molar-refractivity contribution in [2.45, 2.75) is 25.7 Å². The molecule has 0 aliphatic heterocycles. The third-order valence-electron chi connectivity index (χ3n) is 1.65. The number of nitrogens with zero attached hydrogens (tertiary/aromatic N) is 1. The molecule has 0 radical (unpaired) electrons. The summed E-state index contributed by atoms with van der Waals surface area (Å²) >= 11 is 3.34. The summed E-state index contributed by atoms with van der Waals surface area (Å²) in [6, 6.07) is 0. The average molecular weight is 238 g/mol. The highest BCUT2D eigenvalue weighted by Crippen LogP contribution is 2.03. The number of hydrogen-bond donors (Lipinski definition) is 0. The Morgan fingerprint density at radius 2 is 2.08 bits per heavy atom. The van der Waals surface area contributed by atoms with E-state index in [1.165, 1.54) is 12.2 Å². The first-order chi connectivity index (χ1) is 5.72. The summed E-state index contributed by atoms with van der Waals surface area (Å²) in [4.78, 5) is 15.9. The Balaban J connectivity index is 3.31. The molecule has 0 N–H and O–H groups in total. The van der Waals surface area contributed by atoms with E-state index in [1.54, 1.807) is 7.05 Å². The lowest BCUT2D eigenvalue weighted by molar-refractivity contribution is -0.168. The van der Waals surface area contributed by atoms with Gasteiger partial charge in [0.2, 0.25) is 5.91 Å². The van der Waals surface area contributed by atoms with Gasteiger partial charge in [0.15, 0.2) is 0 Å². The van der Waals surface area contributed by atoms with E-state index in [2.05, 4.69) is 15.9 Å². The van der Waals surface area contributed by atoms with Crippen LogP contribution in [0, 0.1) is 0 Å². The molecule has 0 spiro atoms. The summed E-state index contributed by atoms with van der Waals surface area (Å²) in [6.45, 7) is 0. The molecule has 0 aromatic rings. The lowest BCUT2D eigenvalue weighted by atomic mass is 10.2. The van der Waals surface area contributed by atoms with Crippen LogP contribution in [-0.2, 0) is 9.63 Å². The number of rotatable bonds is 6. The molecular weight excluding hydrogens is 222 g/mol. The molecule has 0 saturated carbocycles. The van der Waals surface area contributed by atoms with Crippen LogP contribution in [0.1, 0.15) is 25.7 Å². The van der Waals surface area contributed by atoms with Gasteiger partial charge in [-0.1, -0.05) is 22.4 Å². The second-order valence-electron chi connectivity index (χ2n) is 2.57. The summed E-state index contributed by atoms with van der Waals surface area (Å²) in [5.41, 5.74) is 0. The predicted molar refractivity (Wildman–Crippen MR) is 52.0 cm³/mol. The second kappa shape index (κ2) is 7.55. The van der Waals surface area contributed by atoms with Crippen LogP contribution in [0.25, 0.3) is 0 Å². The van der Waals surface area contributed by atoms with Crippen LogP contribution in [0.3, 0.4) is 0 Å². The number of alkyl halides is 1. The van der Waals surface area contributed by atoms with Crippen molar-refractivity contribution >= 4 is 21.8 Å². The van der Waals surface area contributed by atoms with Crippen molar-refractivity contribution in [3.8, 4) is 0 Å². The summed E-state index contributed by atoms with van der Waals surface area (Å²) in [5, 5.41) is 2.29. The van der Waals surface area contributed by atoms with Gasteiger partial charge in [-0.3, -0.25) is 9.63 Å². The van der Waals surface area contributed by atoms with E-state index in [4.69, 9.17) is 4.84 Å². The molecule has 12 heavy (non-hydrogen) atoms. The number of carbonyl (C=O) groups excluding carboxylic acids is 1. The molecule has 0 unspecified atom stereocenters. The largest absolute Gasteiger partial charge is 0.275 e. The minimum absolute atomic E-state index is 0.0482. The second-order valence-corrected chi connectivity index (χ2v) is 3.37. The Kier molecular flexibility index (Phi) is 7.50. The van der Waals surface area contributed by atoms with Gasteiger partial charge in [0.05, 0.1) is 7.11 Å². The molecule has 0 aromatic carbocycles. The van der Waals surface area contributed by atoms with E-state index in [1.807, 2.05) is 0 Å². The lowest BCUT2D eigenvalue weighted by Gasteiger charge is -2.12. The van der Waals surface area contributed by atoms with E-state index in [0.717, 1.165) is 24.6 Å². The van der Waals surface area contributed by atoms with Gasteiger partial charge < -0.3 is 0 Å². The normalized spacial score (nSPS) is 9.92. The van der Waals surface area contributed by atoms with Gasteiger partial charge >= 0.3 is 0 Å². The molecule has 72 valence electrons. The van der Waals surface area contributed by atoms with Crippen LogP contribution in [0.4, 0.5) is 0 Å². The van der Waals surface area contributed by atoms with E-state index in [9.17, 15) is 4.79 Å². The molecule has 0 atom stereocenters. The Labute approximate surface area is 82.2 Å². The van der Waals surface area contributed by atoms with Gasteiger partial charge in [0.25, 0.3) is 0 Å². The Morgan fingerprint density at radius 3 is 2.58 bits per heavy atom. The molecule has 0 rings (SSSR count). The highest BCUT2D eigenvalue weighted by atomic mass is 79.9. The van der Waals surface area contributed by atoms with Gasteiger partial charge in [-0.2, -0.15) is 0 Å². The monoisotopic (exact) mass is 237 g/mol. The maximum Gasteiger partial charge on any atom is 0.245 e. The molecule has 0 bridgehead atoms. The first-order valence-corrected chi connectivity index (χ1v) is 5.21. The Hall–Kier alpha value is -0.0900. The van der Waals surface area contributed by atoms with Gasteiger partial charge in [-0.15, -0.1) is 0 Å². The molecule has 0 heterocycles. The first kappa shape index (κ1) is 11.9. The SMILES string of the molecule is CON(C)C(=O)CCCCCBr. The number of amides is 1. The van der Waals surface area contributed by atoms with E-state index in [-0.39, 0.29) is 5.91 Å². The summed E-state index contributed by atoms with van der Waals surface area (Å²) in [6.07, 6.45) is 3.74. The molecule has 0 aliphatic carbocycles. The summed E-state index contributed by atoms with van der Waals surface area (Å²) in [7, 11) is 3.13. The fraction of sp³-hybridized carbons (Fsp3) is 0.875. The quantitative estimate of drug-likeness (QED) is 0.402. The smallest absolute Gasteiger partial charge is 0.245 e. The van der Waals surface area contributed by atoms with Crippen molar-refractivity contribution in [1.29, 1.82) is 0 Å². The molecule has 0 aliphatic rings. The van der Waals surface area contributed by atoms with E-state index >= 15 is 0 Å². The minimum atomic E-state index is 0.0482. The molecule has 1 amide bonds. The third-order valence-corrected chi connectivity index (χ3v) is 2.21. The van der Waals surface area contributed by atoms with Crippen LogP contribution in [0.15, 0.2) is 0 Å². The average Bonchev–Trinajstić information content (AvgIpc) is 2.10. The minimum Gasteiger partial charge on any atom is -0.275 e. The van der Waals surface area contributed by atoms with Crippen molar-refractivity contribution in [1.82, 2.24) is 5.06 Å². The van der Waals surface area contributed by atoms with Crippen molar-refractivity contribution < 1.29 is 9.63 Å². The van der Waals surface area contributed by atoms with Crippen molar-refractivity contribution in [2.75, 3.05) is 19.5 Å². The molecule has 0 saturated heterocycles. The van der Waals surface area contributed by atoms with Crippen molar-refractivity contribution in [2.24, 2.45) is 0 Å². The summed E-state index contributed by atoms with van der Waals surface area (Å²) < 4.78 is 0. The zero-order valence-corrected chi connectivity index (χ0v) is 9.26. The van der Waals surface area contributed by atoms with Gasteiger partial charge in [0.1, 0.15) is 0 Å². The topological polar surface area (TPSA) is 29.5 Å². The lowest BCUT2D eigenvalue weighted by Crippen LogP contribution is -2.24.